The Kier molecular flexibility index (Phi) is 3.46. The van der Waals surface area contributed by atoms with Crippen LogP contribution in [0.15, 0.2) is 28.9 Å². The third-order valence-electron chi connectivity index (χ3n) is 4.78. The Balaban J connectivity index is 1.79. The minimum atomic E-state index is -0.281. The van der Waals surface area contributed by atoms with E-state index in [1.807, 2.05) is 17.0 Å². The fourth-order valence-electron chi connectivity index (χ4n) is 3.67. The first-order chi connectivity index (χ1) is 11.0. The molecule has 0 aliphatic carbocycles. The molecule has 1 fully saturated rings. The number of hydrogen-bond donors (Lipinski definition) is 0. The molecule has 0 saturated carbocycles. The van der Waals surface area contributed by atoms with Crippen molar-refractivity contribution in [2.24, 2.45) is 0 Å². The lowest BCUT2D eigenvalue weighted by molar-refractivity contribution is -0.127. The summed E-state index contributed by atoms with van der Waals surface area (Å²) in [5.74, 6) is 0.108. The van der Waals surface area contributed by atoms with Crippen molar-refractivity contribution in [1.29, 1.82) is 0 Å². The van der Waals surface area contributed by atoms with Crippen molar-refractivity contribution in [2.75, 3.05) is 24.5 Å². The maximum atomic E-state index is 13.4. The number of aromatic nitrogens is 1. The predicted molar refractivity (Wildman–Crippen MR) is 91.8 cm³/mol. The van der Waals surface area contributed by atoms with Crippen molar-refractivity contribution in [3.8, 4) is 0 Å². The van der Waals surface area contributed by atoms with E-state index < -0.39 is 0 Å². The Morgan fingerprint density at radius 2 is 2.26 bits per heavy atom. The van der Waals surface area contributed by atoms with Gasteiger partial charge in [0, 0.05) is 42.1 Å². The van der Waals surface area contributed by atoms with Crippen LogP contribution in [0.3, 0.4) is 0 Å². The van der Waals surface area contributed by atoms with E-state index in [4.69, 9.17) is 0 Å². The van der Waals surface area contributed by atoms with Gasteiger partial charge in [-0.25, -0.2) is 4.98 Å². The zero-order valence-electron chi connectivity index (χ0n) is 12.6. The van der Waals surface area contributed by atoms with Crippen LogP contribution in [0, 0.1) is 5.13 Å². The lowest BCUT2D eigenvalue weighted by atomic mass is 9.81. The van der Waals surface area contributed by atoms with Crippen molar-refractivity contribution in [3.63, 3.8) is 0 Å². The Bertz CT molecular complexity index is 795. The third kappa shape index (κ3) is 2.37. The van der Waals surface area contributed by atoms with E-state index in [-0.39, 0.29) is 16.5 Å². The van der Waals surface area contributed by atoms with Gasteiger partial charge in [-0.3, -0.25) is 4.79 Å². The molecule has 0 unspecified atom stereocenters. The Morgan fingerprint density at radius 1 is 1.43 bits per heavy atom. The molecule has 3 heterocycles. The molecule has 120 valence electrons. The number of thiazole rings is 1. The molecular formula is C16H15BrFN3OS. The van der Waals surface area contributed by atoms with Crippen molar-refractivity contribution in [2.45, 2.75) is 18.8 Å². The van der Waals surface area contributed by atoms with Gasteiger partial charge in [-0.15, -0.1) is 0 Å². The molecule has 7 heteroatoms. The summed E-state index contributed by atoms with van der Waals surface area (Å²) in [4.78, 5) is 19.9. The quantitative estimate of drug-likeness (QED) is 0.738. The molecule has 1 amide bonds. The zero-order valence-corrected chi connectivity index (χ0v) is 15.0. The van der Waals surface area contributed by atoms with E-state index in [0.717, 1.165) is 41.0 Å². The van der Waals surface area contributed by atoms with Crippen LogP contribution >= 0.6 is 27.3 Å². The number of carbonyl (C=O) groups excluding carboxylic acids is 1. The summed E-state index contributed by atoms with van der Waals surface area (Å²) < 4.78 is 14.4. The summed E-state index contributed by atoms with van der Waals surface area (Å²) in [6.07, 6.45) is 2.18. The molecule has 1 spiro atoms. The molecule has 1 atom stereocenters. The molecule has 23 heavy (non-hydrogen) atoms. The van der Waals surface area contributed by atoms with E-state index in [1.165, 1.54) is 11.8 Å². The van der Waals surface area contributed by atoms with Gasteiger partial charge in [0.05, 0.1) is 6.20 Å². The van der Waals surface area contributed by atoms with Crippen LogP contribution in [0.1, 0.15) is 18.9 Å². The molecule has 2 aliphatic rings. The molecule has 2 aliphatic heterocycles. The Morgan fingerprint density at radius 3 is 2.91 bits per heavy atom. The molecule has 1 aromatic carbocycles. The SMILES string of the molecule is CC(=O)N1CC[C@]2(C1)CN(c1ncc(F)s1)c1ccc(Br)cc12. The van der Waals surface area contributed by atoms with Gasteiger partial charge in [0.25, 0.3) is 0 Å². The number of hydrogen-bond acceptors (Lipinski definition) is 4. The minimum Gasteiger partial charge on any atom is -0.342 e. The second-order valence-corrected chi connectivity index (χ2v) is 8.04. The number of nitrogens with zero attached hydrogens (tertiary/aromatic N) is 3. The maximum Gasteiger partial charge on any atom is 0.219 e. The number of likely N-dealkylation sites (tertiary alicyclic amines) is 1. The highest BCUT2D eigenvalue weighted by atomic mass is 79.9. The van der Waals surface area contributed by atoms with Crippen LogP contribution < -0.4 is 4.90 Å². The zero-order chi connectivity index (χ0) is 16.2. The molecule has 4 rings (SSSR count). The van der Waals surface area contributed by atoms with E-state index in [9.17, 15) is 9.18 Å². The molecular weight excluding hydrogens is 381 g/mol. The molecule has 4 nitrogen and oxygen atoms in total. The Hall–Kier alpha value is -1.47. The second kappa shape index (κ2) is 5.27. The smallest absolute Gasteiger partial charge is 0.219 e. The summed E-state index contributed by atoms with van der Waals surface area (Å²) in [6.45, 7) is 3.82. The normalized spacial score (nSPS) is 22.9. The summed E-state index contributed by atoms with van der Waals surface area (Å²) in [6, 6.07) is 6.17. The van der Waals surface area contributed by atoms with Crippen LogP contribution in [-0.4, -0.2) is 35.4 Å². The number of fused-ring (bicyclic) bond motifs is 2. The van der Waals surface area contributed by atoms with Gasteiger partial charge in [0.15, 0.2) is 10.3 Å². The lowest BCUT2D eigenvalue weighted by Gasteiger charge is -2.25. The molecule has 2 aromatic rings. The average Bonchev–Trinajstić information content (AvgIpc) is 3.19. The monoisotopic (exact) mass is 395 g/mol. The highest BCUT2D eigenvalue weighted by Gasteiger charge is 2.48. The first-order valence-electron chi connectivity index (χ1n) is 7.43. The fraction of sp³-hybridized carbons (Fsp3) is 0.375. The topological polar surface area (TPSA) is 36.4 Å². The molecule has 1 aromatic heterocycles. The van der Waals surface area contributed by atoms with E-state index >= 15 is 0 Å². The van der Waals surface area contributed by atoms with Gasteiger partial charge in [-0.2, -0.15) is 4.39 Å². The number of halogens is 2. The van der Waals surface area contributed by atoms with Crippen molar-refractivity contribution in [3.05, 3.63) is 39.6 Å². The van der Waals surface area contributed by atoms with Gasteiger partial charge in [-0.1, -0.05) is 27.3 Å². The first kappa shape index (κ1) is 15.1. The number of carbonyl (C=O) groups is 1. The predicted octanol–water partition coefficient (Wildman–Crippen LogP) is 3.69. The summed E-state index contributed by atoms with van der Waals surface area (Å²) >= 11 is 4.61. The largest absolute Gasteiger partial charge is 0.342 e. The van der Waals surface area contributed by atoms with Crippen LogP contribution in [0.5, 0.6) is 0 Å². The summed E-state index contributed by atoms with van der Waals surface area (Å²) in [5, 5.41) is 0.389. The van der Waals surface area contributed by atoms with Gasteiger partial charge in [0.1, 0.15) is 0 Å². The average molecular weight is 396 g/mol. The van der Waals surface area contributed by atoms with Crippen LogP contribution in [-0.2, 0) is 10.2 Å². The number of anilines is 2. The van der Waals surface area contributed by atoms with Crippen LogP contribution in [0.4, 0.5) is 15.2 Å². The number of amides is 1. The van der Waals surface area contributed by atoms with Crippen LogP contribution in [0.25, 0.3) is 0 Å². The van der Waals surface area contributed by atoms with E-state index in [1.54, 1.807) is 6.92 Å². The van der Waals surface area contributed by atoms with Gasteiger partial charge < -0.3 is 9.80 Å². The minimum absolute atomic E-state index is 0.104. The standard InChI is InChI=1S/C16H15BrFN3OS/c1-10(22)20-5-4-16(8-20)9-21(15-19-7-14(18)23-15)13-3-2-11(17)6-12(13)16/h2-3,6-7H,4-5,8-9H2,1H3/t16-/m0/s1. The van der Waals surface area contributed by atoms with Crippen molar-refractivity contribution >= 4 is 44.0 Å². The van der Waals surface area contributed by atoms with E-state index in [2.05, 4.69) is 31.9 Å². The molecule has 0 bridgehead atoms. The van der Waals surface area contributed by atoms with Crippen molar-refractivity contribution < 1.29 is 9.18 Å². The Labute approximate surface area is 146 Å². The van der Waals surface area contributed by atoms with E-state index in [0.29, 0.717) is 11.7 Å². The first-order valence-corrected chi connectivity index (χ1v) is 9.04. The second-order valence-electron chi connectivity index (χ2n) is 6.17. The highest BCUT2D eigenvalue weighted by molar-refractivity contribution is 9.10. The number of benzene rings is 1. The number of rotatable bonds is 1. The molecule has 0 radical (unpaired) electrons. The van der Waals surface area contributed by atoms with Crippen molar-refractivity contribution in [1.82, 2.24) is 9.88 Å². The summed E-state index contributed by atoms with van der Waals surface area (Å²) in [7, 11) is 0. The fourth-order valence-corrected chi connectivity index (χ4v) is 4.69. The highest BCUT2D eigenvalue weighted by Crippen LogP contribution is 2.50. The van der Waals surface area contributed by atoms with Gasteiger partial charge >= 0.3 is 0 Å². The summed E-state index contributed by atoms with van der Waals surface area (Å²) in [5.41, 5.74) is 2.17. The maximum absolute atomic E-state index is 13.4. The third-order valence-corrected chi connectivity index (χ3v) is 6.08. The molecule has 1 saturated heterocycles. The molecule has 0 N–H and O–H groups in total. The van der Waals surface area contributed by atoms with Gasteiger partial charge in [-0.05, 0) is 30.2 Å². The van der Waals surface area contributed by atoms with Gasteiger partial charge in [0.2, 0.25) is 5.91 Å². The lowest BCUT2D eigenvalue weighted by Crippen LogP contribution is -2.36. The van der Waals surface area contributed by atoms with Crippen LogP contribution in [0.2, 0.25) is 0 Å².